The minimum atomic E-state index is -4.70. The number of rotatable bonds is 8. The average Bonchev–Trinajstić information content (AvgIpc) is 3.14. The molecule has 13 heteroatoms. The van der Waals surface area contributed by atoms with Gasteiger partial charge in [0.25, 0.3) is 0 Å². The second kappa shape index (κ2) is 8.19. The van der Waals surface area contributed by atoms with E-state index in [-0.39, 0.29) is 17.5 Å². The molecule has 0 unspecified atom stereocenters. The zero-order valence-electron chi connectivity index (χ0n) is 15.2. The van der Waals surface area contributed by atoms with Crippen LogP contribution in [0.5, 0.6) is 0 Å². The van der Waals surface area contributed by atoms with Crippen molar-refractivity contribution in [1.29, 1.82) is 0 Å². The highest BCUT2D eigenvalue weighted by atomic mass is 35.5. The Morgan fingerprint density at radius 3 is 2.89 bits per heavy atom. The van der Waals surface area contributed by atoms with Crippen LogP contribution < -0.4 is 5.73 Å². The largest absolute Gasteiger partial charge is 0.469 e. The standard InChI is InChI=1S/C15H23ClN5O6P/c1-2-3-4-5-15(22)6-10(27-9(15)7-26-28(23,24)25)21-8-18-11-12(17)19-14(16)20-13(11)21/h8-10,22H,2-7H2,1H3,(H2,17,19,20)(H2,23,24,25)/t9-,10-,15+/m1/s1. The first kappa shape index (κ1) is 21.4. The Morgan fingerprint density at radius 1 is 1.46 bits per heavy atom. The summed E-state index contributed by atoms with van der Waals surface area (Å²) in [4.78, 5) is 30.2. The Labute approximate surface area is 166 Å². The van der Waals surface area contributed by atoms with Crippen molar-refractivity contribution in [3.8, 4) is 0 Å². The molecule has 0 aromatic carbocycles. The van der Waals surface area contributed by atoms with E-state index in [1.807, 2.05) is 6.92 Å². The molecule has 3 rings (SSSR count). The third-order valence-electron chi connectivity index (χ3n) is 4.79. The molecule has 2 aromatic heterocycles. The molecular weight excluding hydrogens is 413 g/mol. The first-order chi connectivity index (χ1) is 13.1. The number of nitrogens with two attached hydrogens (primary N) is 1. The van der Waals surface area contributed by atoms with Gasteiger partial charge in [-0.2, -0.15) is 9.97 Å². The number of phosphoric ester groups is 1. The summed E-state index contributed by atoms with van der Waals surface area (Å²) in [7, 11) is -4.70. The van der Waals surface area contributed by atoms with Crippen molar-refractivity contribution in [3.05, 3.63) is 11.6 Å². The number of unbranched alkanes of at least 4 members (excludes halogenated alkanes) is 2. The van der Waals surface area contributed by atoms with Gasteiger partial charge in [0.05, 0.1) is 18.5 Å². The van der Waals surface area contributed by atoms with E-state index in [4.69, 9.17) is 31.9 Å². The van der Waals surface area contributed by atoms with Crippen molar-refractivity contribution in [3.63, 3.8) is 0 Å². The lowest BCUT2D eigenvalue weighted by atomic mass is 9.89. The van der Waals surface area contributed by atoms with E-state index in [0.717, 1.165) is 19.3 Å². The van der Waals surface area contributed by atoms with Crippen molar-refractivity contribution < 1.29 is 28.7 Å². The molecule has 28 heavy (non-hydrogen) atoms. The van der Waals surface area contributed by atoms with Crippen LogP contribution in [0, 0.1) is 0 Å². The smallest absolute Gasteiger partial charge is 0.387 e. The van der Waals surface area contributed by atoms with E-state index >= 15 is 0 Å². The van der Waals surface area contributed by atoms with Crippen molar-refractivity contribution in [2.24, 2.45) is 0 Å². The number of fused-ring (bicyclic) bond motifs is 1. The quantitative estimate of drug-likeness (QED) is 0.272. The molecule has 3 atom stereocenters. The zero-order valence-corrected chi connectivity index (χ0v) is 16.9. The predicted octanol–water partition coefficient (Wildman–Crippen LogP) is 1.77. The summed E-state index contributed by atoms with van der Waals surface area (Å²) in [6, 6.07) is 0. The van der Waals surface area contributed by atoms with E-state index in [0.29, 0.717) is 17.6 Å². The molecule has 0 spiro atoms. The van der Waals surface area contributed by atoms with Gasteiger partial charge in [-0.1, -0.05) is 26.2 Å². The molecule has 1 aliphatic heterocycles. The Morgan fingerprint density at radius 2 is 2.21 bits per heavy atom. The Bertz CT molecular complexity index is 891. The van der Waals surface area contributed by atoms with Crippen LogP contribution in [0.4, 0.5) is 5.82 Å². The van der Waals surface area contributed by atoms with Gasteiger partial charge in [-0.25, -0.2) is 9.55 Å². The number of ether oxygens (including phenoxy) is 1. The summed E-state index contributed by atoms with van der Waals surface area (Å²) < 4.78 is 23.2. The molecular formula is C15H23ClN5O6P. The van der Waals surface area contributed by atoms with Crippen molar-refractivity contribution in [2.75, 3.05) is 12.3 Å². The van der Waals surface area contributed by atoms with Crippen LogP contribution in [0.3, 0.4) is 0 Å². The van der Waals surface area contributed by atoms with Crippen LogP contribution in [-0.4, -0.2) is 52.7 Å². The molecule has 0 saturated carbocycles. The maximum absolute atomic E-state index is 11.1. The zero-order chi connectivity index (χ0) is 20.5. The number of anilines is 1. The van der Waals surface area contributed by atoms with Gasteiger partial charge in [-0.15, -0.1) is 0 Å². The predicted molar refractivity (Wildman–Crippen MR) is 100 cm³/mol. The van der Waals surface area contributed by atoms with E-state index in [1.54, 1.807) is 4.57 Å². The van der Waals surface area contributed by atoms with E-state index < -0.39 is 32.4 Å². The number of aromatic nitrogens is 4. The number of hydrogen-bond acceptors (Lipinski definition) is 8. The van der Waals surface area contributed by atoms with Gasteiger partial charge in [-0.05, 0) is 18.0 Å². The van der Waals surface area contributed by atoms with Gasteiger partial charge in [0.15, 0.2) is 11.5 Å². The first-order valence-electron chi connectivity index (χ1n) is 8.86. The lowest BCUT2D eigenvalue weighted by Gasteiger charge is -2.28. The highest BCUT2D eigenvalue weighted by Crippen LogP contribution is 2.44. The molecule has 0 radical (unpaired) electrons. The van der Waals surface area contributed by atoms with Crippen LogP contribution in [-0.2, 0) is 13.8 Å². The van der Waals surface area contributed by atoms with Gasteiger partial charge < -0.3 is 25.4 Å². The number of halogens is 1. The summed E-state index contributed by atoms with van der Waals surface area (Å²) in [6.07, 6.45) is 3.01. The fourth-order valence-electron chi connectivity index (χ4n) is 3.39. The number of nitrogen functional groups attached to an aromatic ring is 1. The van der Waals surface area contributed by atoms with Gasteiger partial charge in [0.2, 0.25) is 5.28 Å². The van der Waals surface area contributed by atoms with E-state index in [2.05, 4.69) is 19.5 Å². The fourth-order valence-corrected chi connectivity index (χ4v) is 3.89. The number of nitrogens with zero attached hydrogens (tertiary/aromatic N) is 4. The first-order valence-corrected chi connectivity index (χ1v) is 10.8. The second-order valence-electron chi connectivity index (χ2n) is 6.83. The number of aliphatic hydroxyl groups is 1. The summed E-state index contributed by atoms with van der Waals surface area (Å²) in [6.45, 7) is 1.59. The third-order valence-corrected chi connectivity index (χ3v) is 5.44. The van der Waals surface area contributed by atoms with Crippen molar-refractivity contribution in [1.82, 2.24) is 19.5 Å². The molecule has 1 saturated heterocycles. The molecule has 0 aliphatic carbocycles. The van der Waals surface area contributed by atoms with Gasteiger partial charge >= 0.3 is 7.82 Å². The number of phosphoric acid groups is 1. The van der Waals surface area contributed by atoms with Crippen LogP contribution >= 0.6 is 19.4 Å². The molecule has 5 N–H and O–H groups in total. The average molecular weight is 436 g/mol. The van der Waals surface area contributed by atoms with Gasteiger partial charge in [0.1, 0.15) is 17.8 Å². The van der Waals surface area contributed by atoms with E-state index in [9.17, 15) is 9.67 Å². The molecule has 0 bridgehead atoms. The topological polar surface area (TPSA) is 166 Å². The van der Waals surface area contributed by atoms with Crippen molar-refractivity contribution >= 4 is 36.4 Å². The Kier molecular flexibility index (Phi) is 6.26. The van der Waals surface area contributed by atoms with Crippen LogP contribution in [0.1, 0.15) is 45.3 Å². The SMILES string of the molecule is CCCCC[C@]1(O)C[C@H](n2cnc3c(N)nc(Cl)nc32)O[C@@H]1COP(=O)(O)O. The second-order valence-corrected chi connectivity index (χ2v) is 8.41. The Hall–Kier alpha value is -1.33. The maximum Gasteiger partial charge on any atom is 0.469 e. The lowest BCUT2D eigenvalue weighted by molar-refractivity contribution is -0.0835. The maximum atomic E-state index is 11.1. The monoisotopic (exact) mass is 435 g/mol. The summed E-state index contributed by atoms with van der Waals surface area (Å²) in [5.41, 5.74) is 5.18. The lowest BCUT2D eigenvalue weighted by Crippen LogP contribution is -2.41. The molecule has 2 aromatic rings. The minimum absolute atomic E-state index is 0.0515. The van der Waals surface area contributed by atoms with Crippen molar-refractivity contribution in [2.45, 2.75) is 57.0 Å². The van der Waals surface area contributed by atoms with Gasteiger partial charge in [0, 0.05) is 6.42 Å². The van der Waals surface area contributed by atoms with Crippen LogP contribution in [0.2, 0.25) is 5.28 Å². The van der Waals surface area contributed by atoms with Gasteiger partial charge in [-0.3, -0.25) is 9.09 Å². The highest BCUT2D eigenvalue weighted by Gasteiger charge is 2.48. The molecule has 11 nitrogen and oxygen atoms in total. The van der Waals surface area contributed by atoms with Crippen LogP contribution in [0.25, 0.3) is 11.2 Å². The molecule has 1 aliphatic rings. The fraction of sp³-hybridized carbons (Fsp3) is 0.667. The minimum Gasteiger partial charge on any atom is -0.387 e. The third kappa shape index (κ3) is 4.62. The summed E-state index contributed by atoms with van der Waals surface area (Å²) in [5, 5.41) is 11.1. The summed E-state index contributed by atoms with van der Waals surface area (Å²) >= 11 is 5.89. The molecule has 0 amide bonds. The Balaban J connectivity index is 1.87. The number of imidazole rings is 1. The molecule has 1 fully saturated rings. The highest BCUT2D eigenvalue weighted by molar-refractivity contribution is 7.46. The van der Waals surface area contributed by atoms with E-state index in [1.165, 1.54) is 6.33 Å². The van der Waals surface area contributed by atoms with Crippen LogP contribution in [0.15, 0.2) is 6.33 Å². The molecule has 156 valence electrons. The summed E-state index contributed by atoms with van der Waals surface area (Å²) in [5.74, 6) is 0.117. The molecule has 3 heterocycles. The number of hydrogen-bond donors (Lipinski definition) is 4. The normalized spacial score (nSPS) is 25.6.